The van der Waals surface area contributed by atoms with Gasteiger partial charge in [0, 0.05) is 22.1 Å². The zero-order valence-corrected chi connectivity index (χ0v) is 12.5. The lowest BCUT2D eigenvalue weighted by Crippen LogP contribution is -2.33. The van der Waals surface area contributed by atoms with Gasteiger partial charge in [-0.2, -0.15) is 0 Å². The van der Waals surface area contributed by atoms with Crippen molar-refractivity contribution in [3.05, 3.63) is 59.4 Å². The number of halogens is 1. The van der Waals surface area contributed by atoms with Crippen molar-refractivity contribution < 1.29 is 9.13 Å². The Morgan fingerprint density at radius 1 is 1.33 bits per heavy atom. The molecule has 0 saturated carbocycles. The summed E-state index contributed by atoms with van der Waals surface area (Å²) in [6, 6.07) is 12.6. The Hall–Kier alpha value is -1.56. The van der Waals surface area contributed by atoms with Crippen LogP contribution in [0.2, 0.25) is 0 Å². The highest BCUT2D eigenvalue weighted by atomic mass is 32.2. The van der Waals surface area contributed by atoms with Gasteiger partial charge in [0.05, 0.1) is 13.2 Å². The van der Waals surface area contributed by atoms with Crippen LogP contribution in [-0.2, 0) is 0 Å². The van der Waals surface area contributed by atoms with Gasteiger partial charge < -0.3 is 4.74 Å². The number of methoxy groups -OCH3 is 1. The van der Waals surface area contributed by atoms with E-state index in [2.05, 4.69) is 17.6 Å². The van der Waals surface area contributed by atoms with Gasteiger partial charge in [-0.25, -0.2) is 4.39 Å². The number of fused-ring (bicyclic) bond motifs is 1. The molecule has 1 heterocycles. The minimum Gasteiger partial charge on any atom is -0.496 e. The number of thioether (sulfide) groups is 1. The predicted molar refractivity (Wildman–Crippen MR) is 82.9 cm³/mol. The lowest BCUT2D eigenvalue weighted by molar-refractivity contribution is 0.389. The number of nitrogens with two attached hydrogens (primary N) is 1. The molecule has 1 aliphatic rings. The summed E-state index contributed by atoms with van der Waals surface area (Å²) in [7, 11) is 1.58. The molecule has 110 valence electrons. The van der Waals surface area contributed by atoms with Crippen LogP contribution in [0, 0.1) is 5.82 Å². The van der Waals surface area contributed by atoms with E-state index in [0.717, 1.165) is 11.3 Å². The second kappa shape index (κ2) is 6.05. The van der Waals surface area contributed by atoms with Crippen molar-refractivity contribution in [3.63, 3.8) is 0 Å². The standard InChI is InChI=1S/C16H17FN2OS/c1-20-14-7-6-10(17)8-12(14)16(19-18)13-9-21-15-5-3-2-4-11(13)15/h2-8,13,16,19H,9,18H2,1H3. The van der Waals surface area contributed by atoms with Crippen LogP contribution in [0.5, 0.6) is 5.75 Å². The molecular formula is C16H17FN2OS. The van der Waals surface area contributed by atoms with E-state index in [4.69, 9.17) is 10.6 Å². The Bertz CT molecular complexity index is 650. The fraction of sp³-hybridized carbons (Fsp3) is 0.250. The molecule has 2 unspecified atom stereocenters. The summed E-state index contributed by atoms with van der Waals surface area (Å²) in [4.78, 5) is 1.26. The summed E-state index contributed by atoms with van der Waals surface area (Å²) in [5.74, 6) is 7.24. The molecule has 3 N–H and O–H groups in total. The van der Waals surface area contributed by atoms with Crippen molar-refractivity contribution in [2.75, 3.05) is 12.9 Å². The first-order valence-electron chi connectivity index (χ1n) is 6.76. The van der Waals surface area contributed by atoms with E-state index in [1.807, 2.05) is 12.1 Å². The molecule has 0 fully saturated rings. The number of ether oxygens (including phenoxy) is 1. The molecule has 1 aliphatic heterocycles. The van der Waals surface area contributed by atoms with E-state index in [1.54, 1.807) is 24.9 Å². The van der Waals surface area contributed by atoms with Crippen LogP contribution < -0.4 is 16.0 Å². The largest absolute Gasteiger partial charge is 0.496 e. The van der Waals surface area contributed by atoms with Crippen LogP contribution in [0.15, 0.2) is 47.4 Å². The van der Waals surface area contributed by atoms with Gasteiger partial charge in [0.15, 0.2) is 0 Å². The van der Waals surface area contributed by atoms with Gasteiger partial charge in [-0.05, 0) is 29.8 Å². The highest BCUT2D eigenvalue weighted by molar-refractivity contribution is 7.99. The molecule has 0 bridgehead atoms. The smallest absolute Gasteiger partial charge is 0.123 e. The van der Waals surface area contributed by atoms with Gasteiger partial charge in [0.25, 0.3) is 0 Å². The third-order valence-electron chi connectivity index (χ3n) is 3.85. The lowest BCUT2D eigenvalue weighted by atomic mass is 9.88. The van der Waals surface area contributed by atoms with E-state index < -0.39 is 0 Å². The maximum absolute atomic E-state index is 13.6. The van der Waals surface area contributed by atoms with Gasteiger partial charge in [-0.1, -0.05) is 18.2 Å². The van der Waals surface area contributed by atoms with Gasteiger partial charge in [-0.3, -0.25) is 11.3 Å². The average Bonchev–Trinajstić information content (AvgIpc) is 2.93. The number of benzene rings is 2. The summed E-state index contributed by atoms with van der Waals surface area (Å²) >= 11 is 1.80. The average molecular weight is 304 g/mol. The number of hydrogen-bond acceptors (Lipinski definition) is 4. The molecular weight excluding hydrogens is 287 g/mol. The van der Waals surface area contributed by atoms with Crippen molar-refractivity contribution in [1.29, 1.82) is 0 Å². The third kappa shape index (κ3) is 2.64. The van der Waals surface area contributed by atoms with Crippen molar-refractivity contribution >= 4 is 11.8 Å². The van der Waals surface area contributed by atoms with E-state index >= 15 is 0 Å². The Balaban J connectivity index is 2.02. The maximum atomic E-state index is 13.6. The molecule has 2 atom stereocenters. The molecule has 5 heteroatoms. The van der Waals surface area contributed by atoms with Crippen LogP contribution in [0.3, 0.4) is 0 Å². The second-order valence-corrected chi connectivity index (χ2v) is 6.05. The fourth-order valence-corrected chi connectivity index (χ4v) is 4.13. The van der Waals surface area contributed by atoms with Crippen LogP contribution in [-0.4, -0.2) is 12.9 Å². The van der Waals surface area contributed by atoms with Crippen LogP contribution in [0.25, 0.3) is 0 Å². The summed E-state index contributed by atoms with van der Waals surface area (Å²) in [5, 5.41) is 0. The molecule has 21 heavy (non-hydrogen) atoms. The van der Waals surface area contributed by atoms with Crippen LogP contribution in [0.1, 0.15) is 23.1 Å². The first kappa shape index (κ1) is 14.4. The van der Waals surface area contributed by atoms with Crippen LogP contribution in [0.4, 0.5) is 4.39 Å². The van der Waals surface area contributed by atoms with Gasteiger partial charge in [-0.15, -0.1) is 11.8 Å². The lowest BCUT2D eigenvalue weighted by Gasteiger charge is -2.25. The zero-order valence-electron chi connectivity index (χ0n) is 11.7. The fourth-order valence-electron chi connectivity index (χ4n) is 2.83. The molecule has 0 radical (unpaired) electrons. The summed E-state index contributed by atoms with van der Waals surface area (Å²) in [6.45, 7) is 0. The number of rotatable bonds is 4. The molecule has 3 rings (SSSR count). The quantitative estimate of drug-likeness (QED) is 0.672. The van der Waals surface area contributed by atoms with Gasteiger partial charge >= 0.3 is 0 Å². The molecule has 0 aromatic heterocycles. The Labute approximate surface area is 127 Å². The predicted octanol–water partition coefficient (Wildman–Crippen LogP) is 3.23. The SMILES string of the molecule is COc1ccc(F)cc1C(NN)C1CSc2ccccc21. The molecule has 0 spiro atoms. The number of hydrogen-bond donors (Lipinski definition) is 2. The van der Waals surface area contributed by atoms with Crippen molar-refractivity contribution in [2.45, 2.75) is 16.9 Å². The topological polar surface area (TPSA) is 47.3 Å². The third-order valence-corrected chi connectivity index (χ3v) is 5.05. The minimum atomic E-state index is -0.287. The zero-order chi connectivity index (χ0) is 14.8. The molecule has 0 aliphatic carbocycles. The van der Waals surface area contributed by atoms with E-state index in [-0.39, 0.29) is 17.8 Å². The Kier molecular flexibility index (Phi) is 4.14. The van der Waals surface area contributed by atoms with E-state index in [1.165, 1.54) is 22.6 Å². The number of nitrogens with one attached hydrogen (secondary N) is 1. The molecule has 0 amide bonds. The number of hydrazine groups is 1. The Morgan fingerprint density at radius 2 is 2.14 bits per heavy atom. The highest BCUT2D eigenvalue weighted by Crippen LogP contribution is 2.46. The van der Waals surface area contributed by atoms with Crippen molar-refractivity contribution in [3.8, 4) is 5.75 Å². The molecule has 2 aromatic rings. The summed E-state index contributed by atoms with van der Waals surface area (Å²) in [6.07, 6.45) is 0. The molecule has 0 saturated heterocycles. The molecule has 2 aromatic carbocycles. The summed E-state index contributed by atoms with van der Waals surface area (Å²) in [5.41, 5.74) is 4.84. The van der Waals surface area contributed by atoms with Crippen molar-refractivity contribution in [2.24, 2.45) is 5.84 Å². The van der Waals surface area contributed by atoms with E-state index in [0.29, 0.717) is 5.75 Å². The second-order valence-electron chi connectivity index (χ2n) is 4.99. The maximum Gasteiger partial charge on any atom is 0.123 e. The molecule has 3 nitrogen and oxygen atoms in total. The monoisotopic (exact) mass is 304 g/mol. The van der Waals surface area contributed by atoms with Gasteiger partial charge in [0.2, 0.25) is 0 Å². The normalized spacial score (nSPS) is 18.3. The first-order valence-corrected chi connectivity index (χ1v) is 7.74. The first-order chi connectivity index (χ1) is 10.2. The van der Waals surface area contributed by atoms with E-state index in [9.17, 15) is 4.39 Å². The Morgan fingerprint density at radius 3 is 2.90 bits per heavy atom. The van der Waals surface area contributed by atoms with Gasteiger partial charge in [0.1, 0.15) is 11.6 Å². The minimum absolute atomic E-state index is 0.187. The highest BCUT2D eigenvalue weighted by Gasteiger charge is 2.32. The van der Waals surface area contributed by atoms with Crippen molar-refractivity contribution in [1.82, 2.24) is 5.43 Å². The van der Waals surface area contributed by atoms with Crippen LogP contribution >= 0.6 is 11.8 Å². The summed E-state index contributed by atoms with van der Waals surface area (Å²) < 4.78 is 19.0.